The van der Waals surface area contributed by atoms with E-state index in [2.05, 4.69) is 15.6 Å². The molecule has 1 aromatic carbocycles. The van der Waals surface area contributed by atoms with Crippen LogP contribution in [0.3, 0.4) is 0 Å². The molecule has 2 amide bonds. The smallest absolute Gasteiger partial charge is 0.254 e. The van der Waals surface area contributed by atoms with E-state index in [9.17, 15) is 22.8 Å². The van der Waals surface area contributed by atoms with Crippen LogP contribution in [0.1, 0.15) is 20.7 Å². The zero-order valence-electron chi connectivity index (χ0n) is 11.8. The van der Waals surface area contributed by atoms with E-state index >= 15 is 0 Å². The number of aromatic nitrogens is 1. The van der Waals surface area contributed by atoms with Crippen molar-refractivity contribution >= 4 is 11.8 Å². The molecule has 0 atom stereocenters. The summed E-state index contributed by atoms with van der Waals surface area (Å²) >= 11 is 0. The van der Waals surface area contributed by atoms with Gasteiger partial charge < -0.3 is 10.6 Å². The number of nitrogens with one attached hydrogen (secondary N) is 2. The lowest BCUT2D eigenvalue weighted by molar-refractivity contribution is 0.0924. The van der Waals surface area contributed by atoms with Crippen LogP contribution in [0, 0.1) is 17.5 Å². The molecule has 2 rings (SSSR count). The highest BCUT2D eigenvalue weighted by atomic mass is 19.2. The summed E-state index contributed by atoms with van der Waals surface area (Å²) in [5.74, 6) is -5.92. The van der Waals surface area contributed by atoms with Crippen LogP contribution in [0.4, 0.5) is 13.2 Å². The lowest BCUT2D eigenvalue weighted by Gasteiger charge is -2.08. The van der Waals surface area contributed by atoms with Gasteiger partial charge in [-0.15, -0.1) is 0 Å². The van der Waals surface area contributed by atoms with Crippen LogP contribution in [0.15, 0.2) is 36.7 Å². The SMILES string of the molecule is O=C(NCCNC(=O)c1ccc(F)c(F)c1F)c1cccnc1. The molecular weight excluding hydrogens is 311 g/mol. The third-order valence-electron chi connectivity index (χ3n) is 2.90. The first kappa shape index (κ1) is 16.5. The number of carbonyl (C=O) groups excluding carboxylic acids is 2. The Hall–Kier alpha value is -2.90. The number of hydrogen-bond donors (Lipinski definition) is 2. The maximum Gasteiger partial charge on any atom is 0.254 e. The van der Waals surface area contributed by atoms with Crippen molar-refractivity contribution in [3.63, 3.8) is 0 Å². The second-order valence-electron chi connectivity index (χ2n) is 4.48. The molecule has 1 heterocycles. The zero-order chi connectivity index (χ0) is 16.8. The van der Waals surface area contributed by atoms with Gasteiger partial charge in [0.15, 0.2) is 17.5 Å². The number of carbonyl (C=O) groups is 2. The standard InChI is InChI=1S/C15H12F3N3O2/c16-11-4-3-10(12(17)13(11)18)15(23)21-7-6-20-14(22)9-2-1-5-19-8-9/h1-5,8H,6-7H2,(H,20,22)(H,21,23). The highest BCUT2D eigenvalue weighted by Gasteiger charge is 2.18. The monoisotopic (exact) mass is 323 g/mol. The number of pyridine rings is 1. The van der Waals surface area contributed by atoms with E-state index in [1.807, 2.05) is 0 Å². The van der Waals surface area contributed by atoms with Crippen LogP contribution in [0.25, 0.3) is 0 Å². The van der Waals surface area contributed by atoms with Crippen molar-refractivity contribution in [2.75, 3.05) is 13.1 Å². The second-order valence-corrected chi connectivity index (χ2v) is 4.48. The largest absolute Gasteiger partial charge is 0.350 e. The maximum atomic E-state index is 13.4. The number of halogens is 3. The van der Waals surface area contributed by atoms with Crippen LogP contribution in [-0.4, -0.2) is 29.9 Å². The van der Waals surface area contributed by atoms with Crippen molar-refractivity contribution in [1.29, 1.82) is 0 Å². The molecular formula is C15H12F3N3O2. The minimum Gasteiger partial charge on any atom is -0.350 e. The molecule has 8 heteroatoms. The van der Waals surface area contributed by atoms with E-state index in [-0.39, 0.29) is 19.0 Å². The van der Waals surface area contributed by atoms with Gasteiger partial charge in [0.2, 0.25) is 0 Å². The molecule has 0 bridgehead atoms. The van der Waals surface area contributed by atoms with Gasteiger partial charge in [0.05, 0.1) is 11.1 Å². The van der Waals surface area contributed by atoms with Crippen molar-refractivity contribution in [2.24, 2.45) is 0 Å². The van der Waals surface area contributed by atoms with Crippen LogP contribution in [0.5, 0.6) is 0 Å². The quantitative estimate of drug-likeness (QED) is 0.649. The van der Waals surface area contributed by atoms with Gasteiger partial charge in [-0.05, 0) is 24.3 Å². The van der Waals surface area contributed by atoms with Gasteiger partial charge in [0.1, 0.15) is 0 Å². The number of benzene rings is 1. The van der Waals surface area contributed by atoms with Gasteiger partial charge in [0, 0.05) is 25.5 Å². The van der Waals surface area contributed by atoms with E-state index in [0.717, 1.165) is 6.07 Å². The van der Waals surface area contributed by atoms with E-state index in [1.54, 1.807) is 12.1 Å². The Morgan fingerprint density at radius 3 is 2.30 bits per heavy atom. The summed E-state index contributed by atoms with van der Waals surface area (Å²) in [4.78, 5) is 27.1. The third-order valence-corrected chi connectivity index (χ3v) is 2.90. The Kier molecular flexibility index (Phi) is 5.29. The van der Waals surface area contributed by atoms with E-state index in [4.69, 9.17) is 0 Å². The summed E-state index contributed by atoms with van der Waals surface area (Å²) in [5.41, 5.74) is -0.257. The summed E-state index contributed by atoms with van der Waals surface area (Å²) < 4.78 is 39.2. The fourth-order valence-electron chi connectivity index (χ4n) is 1.75. The van der Waals surface area contributed by atoms with Crippen molar-refractivity contribution in [3.8, 4) is 0 Å². The van der Waals surface area contributed by atoms with Gasteiger partial charge in [-0.2, -0.15) is 0 Å². The molecule has 0 aliphatic heterocycles. The topological polar surface area (TPSA) is 71.1 Å². The molecule has 0 radical (unpaired) electrons. The van der Waals surface area contributed by atoms with Crippen molar-refractivity contribution in [1.82, 2.24) is 15.6 Å². The fraction of sp³-hybridized carbons (Fsp3) is 0.133. The number of nitrogens with zero attached hydrogens (tertiary/aromatic N) is 1. The van der Waals surface area contributed by atoms with E-state index in [0.29, 0.717) is 11.6 Å². The number of amides is 2. The van der Waals surface area contributed by atoms with Crippen molar-refractivity contribution in [2.45, 2.75) is 0 Å². The Labute approximate surface area is 129 Å². The summed E-state index contributed by atoms with van der Waals surface area (Å²) in [6.45, 7) is 0.0635. The van der Waals surface area contributed by atoms with Crippen LogP contribution < -0.4 is 10.6 Å². The first-order chi connectivity index (χ1) is 11.0. The molecule has 0 aliphatic carbocycles. The first-order valence-corrected chi connectivity index (χ1v) is 6.60. The summed E-state index contributed by atoms with van der Waals surface area (Å²) in [5, 5.41) is 4.81. The van der Waals surface area contributed by atoms with Gasteiger partial charge in [0.25, 0.3) is 11.8 Å². The third kappa shape index (κ3) is 4.06. The molecule has 120 valence electrons. The summed E-state index contributed by atoms with van der Waals surface area (Å²) in [7, 11) is 0. The molecule has 2 N–H and O–H groups in total. The molecule has 0 saturated carbocycles. The Bertz CT molecular complexity index is 723. The number of hydrogen-bond acceptors (Lipinski definition) is 3. The summed E-state index contributed by atoms with van der Waals surface area (Å²) in [6.07, 6.45) is 2.90. The molecule has 0 unspecified atom stereocenters. The maximum absolute atomic E-state index is 13.4. The fourth-order valence-corrected chi connectivity index (χ4v) is 1.75. The van der Waals surface area contributed by atoms with Crippen LogP contribution in [-0.2, 0) is 0 Å². The second kappa shape index (κ2) is 7.39. The average Bonchev–Trinajstić information content (AvgIpc) is 2.57. The summed E-state index contributed by atoms with van der Waals surface area (Å²) in [6, 6.07) is 4.68. The lowest BCUT2D eigenvalue weighted by atomic mass is 10.2. The average molecular weight is 323 g/mol. The highest BCUT2D eigenvalue weighted by molar-refractivity contribution is 5.95. The van der Waals surface area contributed by atoms with Crippen molar-refractivity contribution in [3.05, 3.63) is 65.2 Å². The van der Waals surface area contributed by atoms with E-state index < -0.39 is 28.9 Å². The van der Waals surface area contributed by atoms with Gasteiger partial charge in [-0.25, -0.2) is 13.2 Å². The Morgan fingerprint density at radius 2 is 1.65 bits per heavy atom. The van der Waals surface area contributed by atoms with Gasteiger partial charge in [-0.3, -0.25) is 14.6 Å². The predicted octanol–water partition coefficient (Wildman–Crippen LogP) is 1.66. The molecule has 0 aliphatic rings. The molecule has 23 heavy (non-hydrogen) atoms. The predicted molar refractivity (Wildman–Crippen MR) is 75.2 cm³/mol. The first-order valence-electron chi connectivity index (χ1n) is 6.60. The van der Waals surface area contributed by atoms with Crippen molar-refractivity contribution < 1.29 is 22.8 Å². The Morgan fingerprint density at radius 1 is 0.957 bits per heavy atom. The minimum absolute atomic E-state index is 0.0106. The molecule has 1 aromatic heterocycles. The number of rotatable bonds is 5. The highest BCUT2D eigenvalue weighted by Crippen LogP contribution is 2.14. The Balaban J connectivity index is 1.84. The zero-order valence-corrected chi connectivity index (χ0v) is 11.8. The van der Waals surface area contributed by atoms with Crippen LogP contribution in [0.2, 0.25) is 0 Å². The minimum atomic E-state index is -1.71. The molecule has 0 spiro atoms. The van der Waals surface area contributed by atoms with Gasteiger partial charge >= 0.3 is 0 Å². The normalized spacial score (nSPS) is 10.2. The molecule has 2 aromatic rings. The van der Waals surface area contributed by atoms with Gasteiger partial charge in [-0.1, -0.05) is 0 Å². The lowest BCUT2D eigenvalue weighted by Crippen LogP contribution is -2.35. The molecule has 0 fully saturated rings. The van der Waals surface area contributed by atoms with E-state index in [1.165, 1.54) is 12.4 Å². The molecule has 0 saturated heterocycles. The van der Waals surface area contributed by atoms with Crippen LogP contribution >= 0.6 is 0 Å². The molecule has 5 nitrogen and oxygen atoms in total.